The molecule has 2 aromatic heterocycles. The van der Waals surface area contributed by atoms with Gasteiger partial charge in [0, 0.05) is 30.6 Å². The van der Waals surface area contributed by atoms with E-state index in [0.29, 0.717) is 22.3 Å². The highest BCUT2D eigenvalue weighted by Crippen LogP contribution is 2.49. The number of amides is 2. The zero-order valence-electron chi connectivity index (χ0n) is 20.5. The first-order chi connectivity index (χ1) is 18.4. The van der Waals surface area contributed by atoms with Crippen molar-refractivity contribution in [1.29, 1.82) is 0 Å². The van der Waals surface area contributed by atoms with Gasteiger partial charge in [-0.25, -0.2) is 31.5 Å². The average molecular weight is 550 g/mol. The molecule has 3 N–H and O–H groups in total. The Balaban J connectivity index is 1.26. The highest BCUT2D eigenvalue weighted by atomic mass is 19.3. The smallest absolute Gasteiger partial charge is 0.272 e. The van der Waals surface area contributed by atoms with E-state index in [1.807, 2.05) is 0 Å². The van der Waals surface area contributed by atoms with Crippen LogP contribution in [0.1, 0.15) is 22.3 Å². The second-order valence-electron chi connectivity index (χ2n) is 10.4. The highest BCUT2D eigenvalue weighted by molar-refractivity contribution is 6.01. The van der Waals surface area contributed by atoms with Crippen molar-refractivity contribution >= 4 is 23.1 Å². The summed E-state index contributed by atoms with van der Waals surface area (Å²) in [5.41, 5.74) is 8.15. The number of benzene rings is 1. The van der Waals surface area contributed by atoms with Gasteiger partial charge in [-0.2, -0.15) is 5.10 Å². The molecule has 0 spiro atoms. The SMILES string of the molecule is Nc1ncnn2c(-c3ccccc3C(=O)N[C@@H]3CN(C(=O)C4CC4(F)F)C[C@@H]3F)cc(CN3CC(F)(F)C3)c12. The van der Waals surface area contributed by atoms with Crippen LogP contribution in [0.3, 0.4) is 0 Å². The number of hydrogen-bond donors (Lipinski definition) is 2. The molecule has 206 valence electrons. The molecule has 2 amide bonds. The fourth-order valence-corrected chi connectivity index (χ4v) is 5.35. The van der Waals surface area contributed by atoms with Crippen LogP contribution in [0.2, 0.25) is 0 Å². The van der Waals surface area contributed by atoms with Crippen molar-refractivity contribution in [2.75, 3.05) is 31.9 Å². The summed E-state index contributed by atoms with van der Waals surface area (Å²) in [5, 5.41) is 6.85. The van der Waals surface area contributed by atoms with Crippen LogP contribution in [0.15, 0.2) is 36.7 Å². The molecular weight excluding hydrogens is 525 g/mol. The first kappa shape index (κ1) is 25.5. The molecule has 2 saturated heterocycles. The molecule has 3 aliphatic rings. The molecular formula is C25H24F5N7O2. The summed E-state index contributed by atoms with van der Waals surface area (Å²) >= 11 is 0. The van der Waals surface area contributed by atoms with Gasteiger partial charge in [-0.3, -0.25) is 14.5 Å². The van der Waals surface area contributed by atoms with E-state index >= 15 is 0 Å². The summed E-state index contributed by atoms with van der Waals surface area (Å²) in [6, 6.07) is 7.12. The van der Waals surface area contributed by atoms with E-state index < -0.39 is 61.3 Å². The number of nitrogens with zero attached hydrogens (tertiary/aromatic N) is 5. The number of nitrogen functional groups attached to an aromatic ring is 1. The Morgan fingerprint density at radius 2 is 1.85 bits per heavy atom. The van der Waals surface area contributed by atoms with Gasteiger partial charge in [-0.1, -0.05) is 18.2 Å². The first-order valence-electron chi connectivity index (χ1n) is 12.4. The van der Waals surface area contributed by atoms with Crippen molar-refractivity contribution < 1.29 is 31.5 Å². The quantitative estimate of drug-likeness (QED) is 0.457. The third-order valence-corrected chi connectivity index (χ3v) is 7.41. The Labute approximate surface area is 218 Å². The number of rotatable bonds is 6. The molecule has 9 nitrogen and oxygen atoms in total. The van der Waals surface area contributed by atoms with Crippen LogP contribution >= 0.6 is 0 Å². The number of nitrogens with one attached hydrogen (secondary N) is 1. The van der Waals surface area contributed by atoms with Crippen molar-refractivity contribution in [3.63, 3.8) is 0 Å². The van der Waals surface area contributed by atoms with E-state index in [2.05, 4.69) is 15.4 Å². The van der Waals surface area contributed by atoms with Crippen LogP contribution in [0.4, 0.5) is 27.8 Å². The maximum absolute atomic E-state index is 14.8. The maximum Gasteiger partial charge on any atom is 0.272 e. The number of carbonyl (C=O) groups excluding carboxylic acids is 2. The van der Waals surface area contributed by atoms with Crippen molar-refractivity contribution in [3.8, 4) is 11.3 Å². The number of fused-ring (bicyclic) bond motifs is 1. The fraction of sp³-hybridized carbons (Fsp3) is 0.440. The summed E-state index contributed by atoms with van der Waals surface area (Å²) in [7, 11) is 0. The van der Waals surface area contributed by atoms with Crippen molar-refractivity contribution in [3.05, 3.63) is 47.8 Å². The van der Waals surface area contributed by atoms with Crippen LogP contribution in [0, 0.1) is 5.92 Å². The first-order valence-corrected chi connectivity index (χ1v) is 12.4. The van der Waals surface area contributed by atoms with E-state index in [1.165, 1.54) is 16.9 Å². The van der Waals surface area contributed by atoms with E-state index in [0.717, 1.165) is 4.90 Å². The van der Waals surface area contributed by atoms with Crippen molar-refractivity contribution in [2.45, 2.75) is 37.0 Å². The van der Waals surface area contributed by atoms with Gasteiger partial charge in [0.1, 0.15) is 23.9 Å². The molecule has 2 aliphatic heterocycles. The molecule has 3 atom stereocenters. The lowest BCUT2D eigenvalue weighted by atomic mass is 10.0. The predicted octanol–water partition coefficient (Wildman–Crippen LogP) is 2.36. The largest absolute Gasteiger partial charge is 0.382 e. The summed E-state index contributed by atoms with van der Waals surface area (Å²) in [5.74, 6) is -8.56. The van der Waals surface area contributed by atoms with Gasteiger partial charge in [0.2, 0.25) is 5.91 Å². The molecule has 6 rings (SSSR count). The van der Waals surface area contributed by atoms with E-state index in [9.17, 15) is 31.5 Å². The molecule has 1 aliphatic carbocycles. The third kappa shape index (κ3) is 4.56. The second-order valence-corrected chi connectivity index (χ2v) is 10.4. The molecule has 3 fully saturated rings. The number of nitrogens with two attached hydrogens (primary N) is 1. The van der Waals surface area contributed by atoms with Crippen LogP contribution in [-0.4, -0.2) is 86.4 Å². The van der Waals surface area contributed by atoms with Crippen LogP contribution in [0.25, 0.3) is 16.8 Å². The summed E-state index contributed by atoms with van der Waals surface area (Å²) < 4.78 is 69.7. The average Bonchev–Trinajstić information content (AvgIpc) is 3.16. The Kier molecular flexibility index (Phi) is 5.79. The number of hydrogen-bond acceptors (Lipinski definition) is 6. The van der Waals surface area contributed by atoms with E-state index in [1.54, 1.807) is 29.2 Å². The van der Waals surface area contributed by atoms with Crippen LogP contribution < -0.4 is 11.1 Å². The monoisotopic (exact) mass is 549 g/mol. The zero-order valence-corrected chi connectivity index (χ0v) is 20.5. The number of aromatic nitrogens is 3. The van der Waals surface area contributed by atoms with Crippen molar-refractivity contribution in [2.24, 2.45) is 5.92 Å². The lowest BCUT2D eigenvalue weighted by molar-refractivity contribution is -0.134. The van der Waals surface area contributed by atoms with Gasteiger partial charge in [0.05, 0.1) is 31.4 Å². The van der Waals surface area contributed by atoms with Gasteiger partial charge >= 0.3 is 0 Å². The molecule has 4 heterocycles. The molecule has 1 saturated carbocycles. The standard InChI is InChI=1S/C25H24F5N7O2/c26-17-8-36(23(39)16-6-25(16,29)30)9-18(17)34-22(38)15-4-2-1-3-14(15)19-5-13(7-35-10-24(27,28)11-35)20-21(31)32-12-33-37(19)20/h1-5,12,16-18H,6-11H2,(H,34,38)(H2,31,32,33)/t16?,17-,18+/m0/s1. The molecule has 14 heteroatoms. The molecule has 3 aromatic rings. The Morgan fingerprint density at radius 3 is 2.54 bits per heavy atom. The zero-order chi connectivity index (χ0) is 27.7. The summed E-state index contributed by atoms with van der Waals surface area (Å²) in [6.07, 6.45) is -0.942. The van der Waals surface area contributed by atoms with E-state index in [4.69, 9.17) is 5.73 Å². The van der Waals surface area contributed by atoms with Gasteiger partial charge in [0.15, 0.2) is 5.82 Å². The normalized spacial score (nSPS) is 25.5. The molecule has 1 aromatic carbocycles. The number of anilines is 1. The molecule has 0 radical (unpaired) electrons. The molecule has 39 heavy (non-hydrogen) atoms. The second kappa shape index (κ2) is 8.86. The van der Waals surface area contributed by atoms with Gasteiger partial charge in [-0.15, -0.1) is 0 Å². The summed E-state index contributed by atoms with van der Waals surface area (Å²) in [4.78, 5) is 32.2. The Morgan fingerprint density at radius 1 is 1.13 bits per heavy atom. The predicted molar refractivity (Wildman–Crippen MR) is 129 cm³/mol. The minimum absolute atomic E-state index is 0.137. The van der Waals surface area contributed by atoms with Gasteiger partial charge in [-0.05, 0) is 17.7 Å². The maximum atomic E-state index is 14.8. The topological polar surface area (TPSA) is 109 Å². The Hall–Kier alpha value is -3.81. The Bertz CT molecular complexity index is 1470. The molecule has 0 bridgehead atoms. The van der Waals surface area contributed by atoms with E-state index in [-0.39, 0.29) is 31.0 Å². The van der Waals surface area contributed by atoms with Gasteiger partial charge in [0.25, 0.3) is 17.8 Å². The number of likely N-dealkylation sites (tertiary alicyclic amines) is 2. The lowest BCUT2D eigenvalue weighted by Gasteiger charge is -2.38. The van der Waals surface area contributed by atoms with Crippen molar-refractivity contribution in [1.82, 2.24) is 29.7 Å². The van der Waals surface area contributed by atoms with Crippen LogP contribution in [0.5, 0.6) is 0 Å². The highest BCUT2D eigenvalue weighted by Gasteiger charge is 2.63. The molecule has 1 unspecified atom stereocenters. The number of alkyl halides is 5. The lowest BCUT2D eigenvalue weighted by Crippen LogP contribution is -2.55. The minimum atomic E-state index is -3.06. The minimum Gasteiger partial charge on any atom is -0.382 e. The summed E-state index contributed by atoms with van der Waals surface area (Å²) in [6.45, 7) is -1.22. The van der Waals surface area contributed by atoms with Crippen LogP contribution in [-0.2, 0) is 11.3 Å². The fourth-order valence-electron chi connectivity index (χ4n) is 5.35. The van der Waals surface area contributed by atoms with Gasteiger partial charge < -0.3 is 16.0 Å². The number of halogens is 5. The number of carbonyl (C=O) groups is 2. The third-order valence-electron chi connectivity index (χ3n) is 7.41.